The van der Waals surface area contributed by atoms with Crippen LogP contribution in [0.5, 0.6) is 5.75 Å². The van der Waals surface area contributed by atoms with Gasteiger partial charge in [0.25, 0.3) is 5.91 Å². The van der Waals surface area contributed by atoms with Crippen LogP contribution in [0.25, 0.3) is 11.0 Å². The normalized spacial score (nSPS) is 13.4. The van der Waals surface area contributed by atoms with Crippen LogP contribution in [0.3, 0.4) is 0 Å². The number of nitrogens with one attached hydrogen (secondary N) is 1. The third-order valence-electron chi connectivity index (χ3n) is 4.43. The number of aliphatic carboxylic acids is 1. The third kappa shape index (κ3) is 4.87. The summed E-state index contributed by atoms with van der Waals surface area (Å²) in [6.45, 7) is 8.84. The summed E-state index contributed by atoms with van der Waals surface area (Å²) >= 11 is 0. The zero-order valence-corrected chi connectivity index (χ0v) is 16.2. The Bertz CT molecular complexity index is 915. The van der Waals surface area contributed by atoms with E-state index in [0.717, 1.165) is 10.9 Å². The average Bonchev–Trinajstić information content (AvgIpc) is 2.58. The van der Waals surface area contributed by atoms with Crippen LogP contribution in [-0.4, -0.2) is 29.1 Å². The number of carboxylic acids is 1. The number of rotatable bonds is 7. The molecule has 0 aliphatic carbocycles. The number of carboxylic acid groups (broad SMARTS) is 1. The number of hydrogen-bond acceptors (Lipinski definition) is 5. The van der Waals surface area contributed by atoms with Gasteiger partial charge >= 0.3 is 11.6 Å². The van der Waals surface area contributed by atoms with E-state index < -0.39 is 29.6 Å². The highest BCUT2D eigenvalue weighted by atomic mass is 16.5. The van der Waals surface area contributed by atoms with E-state index in [1.807, 2.05) is 20.8 Å². The molecule has 0 aliphatic rings. The number of aryl methyl sites for hydroxylation is 1. The van der Waals surface area contributed by atoms with E-state index in [0.29, 0.717) is 23.3 Å². The van der Waals surface area contributed by atoms with Crippen molar-refractivity contribution in [1.82, 2.24) is 5.32 Å². The van der Waals surface area contributed by atoms with Gasteiger partial charge in [-0.05, 0) is 50.8 Å². The number of fused-ring (bicyclic) bond motifs is 1. The van der Waals surface area contributed by atoms with Crippen molar-refractivity contribution in [3.63, 3.8) is 0 Å². The lowest BCUT2D eigenvalue weighted by Crippen LogP contribution is -2.46. The summed E-state index contributed by atoms with van der Waals surface area (Å²) in [5.41, 5.74) is 1.34. The van der Waals surface area contributed by atoms with E-state index in [4.69, 9.17) is 9.15 Å². The Morgan fingerprint density at radius 2 is 1.85 bits per heavy atom. The van der Waals surface area contributed by atoms with Crippen molar-refractivity contribution in [1.29, 1.82) is 0 Å². The standard InChI is InChI=1S/C20H25NO6/c1-10(2)8-16(19(23)24)21-18(22)13(5)26-14-6-7-15-11(3)12(4)20(25)27-17(15)9-14/h6-7,9-10,13,16H,8H2,1-5H3,(H,21,22)(H,23,24)/t13-,16+/m1/s1. The molecule has 0 spiro atoms. The van der Waals surface area contributed by atoms with Crippen LogP contribution in [0.1, 0.15) is 38.3 Å². The summed E-state index contributed by atoms with van der Waals surface area (Å²) in [5, 5.41) is 12.5. The Kier molecular flexibility index (Phi) is 6.25. The lowest BCUT2D eigenvalue weighted by Gasteiger charge is -2.20. The quantitative estimate of drug-likeness (QED) is 0.721. The van der Waals surface area contributed by atoms with Crippen LogP contribution < -0.4 is 15.7 Å². The molecule has 1 aromatic carbocycles. The second-order valence-electron chi connectivity index (χ2n) is 7.09. The summed E-state index contributed by atoms with van der Waals surface area (Å²) in [4.78, 5) is 35.4. The molecule has 0 fully saturated rings. The molecular weight excluding hydrogens is 350 g/mol. The molecule has 0 bridgehead atoms. The van der Waals surface area contributed by atoms with Gasteiger partial charge in [0.1, 0.15) is 17.4 Å². The molecule has 1 amide bonds. The Balaban J connectivity index is 2.16. The SMILES string of the molecule is Cc1c(C)c2ccc(O[C@H](C)C(=O)N[C@@H](CC(C)C)C(=O)O)cc2oc1=O. The average molecular weight is 375 g/mol. The number of carbonyl (C=O) groups is 2. The number of hydrogen-bond donors (Lipinski definition) is 2. The van der Waals surface area contributed by atoms with Crippen molar-refractivity contribution < 1.29 is 23.8 Å². The summed E-state index contributed by atoms with van der Waals surface area (Å²) in [7, 11) is 0. The minimum atomic E-state index is -1.08. The minimum Gasteiger partial charge on any atom is -0.481 e. The predicted molar refractivity (Wildman–Crippen MR) is 101 cm³/mol. The van der Waals surface area contributed by atoms with Crippen LogP contribution in [0, 0.1) is 19.8 Å². The third-order valence-corrected chi connectivity index (χ3v) is 4.43. The van der Waals surface area contributed by atoms with E-state index in [9.17, 15) is 19.5 Å². The van der Waals surface area contributed by atoms with E-state index >= 15 is 0 Å². The van der Waals surface area contributed by atoms with Crippen LogP contribution in [0.2, 0.25) is 0 Å². The highest BCUT2D eigenvalue weighted by Crippen LogP contribution is 2.24. The van der Waals surface area contributed by atoms with Crippen LogP contribution in [0.15, 0.2) is 27.4 Å². The Morgan fingerprint density at radius 3 is 2.44 bits per heavy atom. The van der Waals surface area contributed by atoms with Gasteiger partial charge in [0.15, 0.2) is 6.10 Å². The van der Waals surface area contributed by atoms with Gasteiger partial charge < -0.3 is 19.6 Å². The molecule has 0 radical (unpaired) electrons. The highest BCUT2D eigenvalue weighted by Gasteiger charge is 2.24. The van der Waals surface area contributed by atoms with Crippen LogP contribution in [0.4, 0.5) is 0 Å². The van der Waals surface area contributed by atoms with Crippen molar-refractivity contribution in [2.45, 2.75) is 53.2 Å². The maximum atomic E-state index is 12.3. The molecular formula is C20H25NO6. The van der Waals surface area contributed by atoms with Gasteiger partial charge in [0, 0.05) is 17.0 Å². The molecule has 2 aromatic rings. The summed E-state index contributed by atoms with van der Waals surface area (Å²) in [5.74, 6) is -1.13. The molecule has 0 aliphatic heterocycles. The van der Waals surface area contributed by atoms with Crippen molar-refractivity contribution in [2.24, 2.45) is 5.92 Å². The number of amides is 1. The number of carbonyl (C=O) groups excluding carboxylic acids is 1. The maximum absolute atomic E-state index is 12.3. The van der Waals surface area contributed by atoms with E-state index in [2.05, 4.69) is 5.32 Å². The van der Waals surface area contributed by atoms with Gasteiger partial charge in [0.2, 0.25) is 0 Å². The first-order valence-corrected chi connectivity index (χ1v) is 8.84. The molecule has 2 rings (SSSR count). The van der Waals surface area contributed by atoms with Crippen LogP contribution in [-0.2, 0) is 9.59 Å². The summed E-state index contributed by atoms with van der Waals surface area (Å²) < 4.78 is 10.9. The van der Waals surface area contributed by atoms with Gasteiger partial charge in [-0.3, -0.25) is 4.79 Å². The first-order chi connectivity index (χ1) is 12.6. The van der Waals surface area contributed by atoms with E-state index in [-0.39, 0.29) is 5.92 Å². The molecule has 27 heavy (non-hydrogen) atoms. The first kappa shape index (κ1) is 20.5. The fourth-order valence-electron chi connectivity index (χ4n) is 2.74. The zero-order chi connectivity index (χ0) is 20.3. The van der Waals surface area contributed by atoms with Crippen molar-refractivity contribution in [2.75, 3.05) is 0 Å². The monoisotopic (exact) mass is 375 g/mol. The lowest BCUT2D eigenvalue weighted by molar-refractivity contribution is -0.143. The number of benzene rings is 1. The number of ether oxygens (including phenoxy) is 1. The predicted octanol–water partition coefficient (Wildman–Crippen LogP) is 2.79. The minimum absolute atomic E-state index is 0.123. The van der Waals surface area contributed by atoms with Gasteiger partial charge in [-0.2, -0.15) is 0 Å². The second kappa shape index (κ2) is 8.24. The largest absolute Gasteiger partial charge is 0.481 e. The summed E-state index contributed by atoms with van der Waals surface area (Å²) in [6, 6.07) is 4.03. The molecule has 2 atom stereocenters. The Labute approximate surface area is 157 Å². The Morgan fingerprint density at radius 1 is 1.19 bits per heavy atom. The molecule has 1 aromatic heterocycles. The maximum Gasteiger partial charge on any atom is 0.339 e. The van der Waals surface area contributed by atoms with Gasteiger partial charge in [-0.1, -0.05) is 13.8 Å². The van der Waals surface area contributed by atoms with Crippen molar-refractivity contribution in [3.05, 3.63) is 39.7 Å². The lowest BCUT2D eigenvalue weighted by atomic mass is 10.0. The van der Waals surface area contributed by atoms with Gasteiger partial charge in [-0.25, -0.2) is 9.59 Å². The van der Waals surface area contributed by atoms with Crippen molar-refractivity contribution in [3.8, 4) is 5.75 Å². The molecule has 1 heterocycles. The zero-order valence-electron chi connectivity index (χ0n) is 16.2. The first-order valence-electron chi connectivity index (χ1n) is 8.84. The second-order valence-corrected chi connectivity index (χ2v) is 7.09. The molecule has 2 N–H and O–H groups in total. The molecule has 0 saturated heterocycles. The molecule has 7 heteroatoms. The summed E-state index contributed by atoms with van der Waals surface area (Å²) in [6.07, 6.45) is -0.581. The van der Waals surface area contributed by atoms with Gasteiger partial charge in [-0.15, -0.1) is 0 Å². The molecule has 7 nitrogen and oxygen atoms in total. The van der Waals surface area contributed by atoms with Crippen molar-refractivity contribution >= 4 is 22.8 Å². The fraction of sp³-hybridized carbons (Fsp3) is 0.450. The Hall–Kier alpha value is -2.83. The highest BCUT2D eigenvalue weighted by molar-refractivity contribution is 5.86. The van der Waals surface area contributed by atoms with Gasteiger partial charge in [0.05, 0.1) is 0 Å². The molecule has 146 valence electrons. The topological polar surface area (TPSA) is 106 Å². The van der Waals surface area contributed by atoms with Crippen LogP contribution >= 0.6 is 0 Å². The van der Waals surface area contributed by atoms with E-state index in [1.165, 1.54) is 6.92 Å². The molecule has 0 unspecified atom stereocenters. The smallest absolute Gasteiger partial charge is 0.339 e. The molecule has 0 saturated carbocycles. The van der Waals surface area contributed by atoms with E-state index in [1.54, 1.807) is 25.1 Å². The fourth-order valence-corrected chi connectivity index (χ4v) is 2.74.